The van der Waals surface area contributed by atoms with Gasteiger partial charge in [0.25, 0.3) is 0 Å². The minimum atomic E-state index is -0.847. The monoisotopic (exact) mass is 523 g/mol. The van der Waals surface area contributed by atoms with Crippen molar-refractivity contribution >= 4 is 0 Å². The number of aryl methyl sites for hydroxylation is 1. The number of nitrogens with one attached hydrogen (secondary N) is 1. The Morgan fingerprint density at radius 2 is 1.42 bits per heavy atom. The molecule has 0 atom stereocenters. The number of benzene rings is 3. The molecule has 0 aliphatic rings. The van der Waals surface area contributed by atoms with E-state index in [0.717, 1.165) is 12.1 Å². The van der Waals surface area contributed by atoms with E-state index in [0.29, 0.717) is 36.6 Å². The standard InChI is InChI=1S/C29H28F3N3O3/c1-17-26(28-24(31)15-21(16-25(28)32)38-11-7-10-33-2)27(18-12-19(36-3)14-20(13-18)37-4)29(35-34-17)22-8-5-6-9-23(22)30/h5-6,8-9,12-16,33H,7,10-11H2,1-4H3. The van der Waals surface area contributed by atoms with Crippen LogP contribution in [0.25, 0.3) is 33.5 Å². The smallest absolute Gasteiger partial charge is 0.137 e. The number of methoxy groups -OCH3 is 2. The number of hydrogen-bond donors (Lipinski definition) is 1. The van der Waals surface area contributed by atoms with Crippen molar-refractivity contribution in [1.82, 2.24) is 15.5 Å². The van der Waals surface area contributed by atoms with E-state index in [1.54, 1.807) is 37.3 Å². The molecule has 0 aliphatic heterocycles. The third-order valence-electron chi connectivity index (χ3n) is 6.02. The van der Waals surface area contributed by atoms with Gasteiger partial charge in [0.1, 0.15) is 40.4 Å². The molecular formula is C29H28F3N3O3. The van der Waals surface area contributed by atoms with Crippen LogP contribution < -0.4 is 19.5 Å². The number of rotatable bonds is 10. The summed E-state index contributed by atoms with van der Waals surface area (Å²) in [7, 11) is 4.79. The topological polar surface area (TPSA) is 65.5 Å². The maximum absolute atomic E-state index is 15.6. The summed E-state index contributed by atoms with van der Waals surface area (Å²) in [6.45, 7) is 2.59. The van der Waals surface area contributed by atoms with Crippen molar-refractivity contribution in [3.05, 3.63) is 77.7 Å². The van der Waals surface area contributed by atoms with E-state index in [9.17, 15) is 4.39 Å². The van der Waals surface area contributed by atoms with Gasteiger partial charge in [-0.25, -0.2) is 13.2 Å². The first-order valence-corrected chi connectivity index (χ1v) is 12.0. The van der Waals surface area contributed by atoms with Gasteiger partial charge in [0.05, 0.1) is 32.1 Å². The van der Waals surface area contributed by atoms with Gasteiger partial charge in [0.15, 0.2) is 0 Å². The minimum Gasteiger partial charge on any atom is -0.497 e. The molecule has 0 aliphatic carbocycles. The van der Waals surface area contributed by atoms with E-state index in [1.165, 1.54) is 26.4 Å². The van der Waals surface area contributed by atoms with Crippen LogP contribution in [-0.4, -0.2) is 44.6 Å². The van der Waals surface area contributed by atoms with Gasteiger partial charge in [-0.05, 0) is 56.8 Å². The molecule has 4 rings (SSSR count). The van der Waals surface area contributed by atoms with Gasteiger partial charge in [-0.1, -0.05) is 12.1 Å². The SMILES string of the molecule is CNCCCOc1cc(F)c(-c2c(C)nnc(-c3ccccc3F)c2-c2cc(OC)cc(OC)c2)c(F)c1. The summed E-state index contributed by atoms with van der Waals surface area (Å²) in [5.74, 6) is -1.31. The van der Waals surface area contributed by atoms with Crippen molar-refractivity contribution in [3.63, 3.8) is 0 Å². The highest BCUT2D eigenvalue weighted by Crippen LogP contribution is 2.44. The Bertz CT molecular complexity index is 1400. The lowest BCUT2D eigenvalue weighted by Crippen LogP contribution is -2.11. The zero-order valence-electron chi connectivity index (χ0n) is 21.6. The zero-order valence-corrected chi connectivity index (χ0v) is 21.6. The van der Waals surface area contributed by atoms with Crippen LogP contribution in [-0.2, 0) is 0 Å². The average molecular weight is 524 g/mol. The Hall–Kier alpha value is -4.11. The number of hydrogen-bond acceptors (Lipinski definition) is 6. The van der Waals surface area contributed by atoms with Gasteiger partial charge >= 0.3 is 0 Å². The van der Waals surface area contributed by atoms with E-state index in [1.807, 2.05) is 7.05 Å². The third-order valence-corrected chi connectivity index (χ3v) is 6.02. The minimum absolute atomic E-state index is 0.0680. The Labute approximate surface area is 219 Å². The lowest BCUT2D eigenvalue weighted by atomic mass is 9.89. The molecule has 0 fully saturated rings. The highest BCUT2D eigenvalue weighted by atomic mass is 19.1. The van der Waals surface area contributed by atoms with Gasteiger partial charge in [-0.15, -0.1) is 5.10 Å². The fraction of sp³-hybridized carbons (Fsp3) is 0.241. The number of ether oxygens (including phenoxy) is 3. The van der Waals surface area contributed by atoms with E-state index in [-0.39, 0.29) is 39.4 Å². The number of halogens is 3. The first kappa shape index (κ1) is 26.9. The molecule has 1 N–H and O–H groups in total. The Morgan fingerprint density at radius 3 is 2.03 bits per heavy atom. The molecule has 0 radical (unpaired) electrons. The highest BCUT2D eigenvalue weighted by Gasteiger charge is 2.26. The quantitative estimate of drug-likeness (QED) is 0.250. The normalized spacial score (nSPS) is 10.9. The largest absolute Gasteiger partial charge is 0.497 e. The lowest BCUT2D eigenvalue weighted by molar-refractivity contribution is 0.306. The Balaban J connectivity index is 2.00. The molecule has 0 saturated heterocycles. The third kappa shape index (κ3) is 5.57. The van der Waals surface area contributed by atoms with E-state index >= 15 is 8.78 Å². The molecule has 0 spiro atoms. The summed E-state index contributed by atoms with van der Waals surface area (Å²) < 4.78 is 62.7. The maximum atomic E-state index is 15.6. The Kier molecular flexibility index (Phi) is 8.48. The van der Waals surface area contributed by atoms with Crippen molar-refractivity contribution in [3.8, 4) is 50.8 Å². The zero-order chi connectivity index (χ0) is 27.2. The molecule has 198 valence electrons. The van der Waals surface area contributed by atoms with Crippen molar-refractivity contribution in [2.75, 3.05) is 34.4 Å². The summed E-state index contributed by atoms with van der Waals surface area (Å²) in [5.41, 5.74) is 1.04. The summed E-state index contributed by atoms with van der Waals surface area (Å²) in [5, 5.41) is 11.4. The van der Waals surface area contributed by atoms with Crippen molar-refractivity contribution in [2.24, 2.45) is 0 Å². The summed E-state index contributed by atoms with van der Waals surface area (Å²) in [4.78, 5) is 0. The molecule has 0 saturated carbocycles. The molecule has 1 heterocycles. The van der Waals surface area contributed by atoms with Gasteiger partial charge in [0.2, 0.25) is 0 Å². The van der Waals surface area contributed by atoms with E-state index in [2.05, 4.69) is 15.5 Å². The Morgan fingerprint density at radius 1 is 0.763 bits per heavy atom. The van der Waals surface area contributed by atoms with Crippen LogP contribution in [0.2, 0.25) is 0 Å². The predicted octanol–water partition coefficient (Wildman–Crippen LogP) is 6.21. The molecule has 3 aromatic carbocycles. The first-order chi connectivity index (χ1) is 18.4. The van der Waals surface area contributed by atoms with Gasteiger partial charge < -0.3 is 19.5 Å². The molecule has 4 aromatic rings. The second-order valence-electron chi connectivity index (χ2n) is 8.53. The number of nitrogens with zero attached hydrogens (tertiary/aromatic N) is 2. The summed E-state index contributed by atoms with van der Waals surface area (Å²) in [6.07, 6.45) is 0.669. The van der Waals surface area contributed by atoms with Crippen LogP contribution in [0.4, 0.5) is 13.2 Å². The van der Waals surface area contributed by atoms with Crippen LogP contribution >= 0.6 is 0 Å². The van der Waals surface area contributed by atoms with E-state index < -0.39 is 17.5 Å². The predicted molar refractivity (Wildman–Crippen MR) is 140 cm³/mol. The first-order valence-electron chi connectivity index (χ1n) is 12.0. The lowest BCUT2D eigenvalue weighted by Gasteiger charge is -2.19. The van der Waals surface area contributed by atoms with Crippen LogP contribution in [0, 0.1) is 24.4 Å². The second kappa shape index (κ2) is 12.0. The molecule has 0 bridgehead atoms. The van der Waals surface area contributed by atoms with Crippen molar-refractivity contribution in [1.29, 1.82) is 0 Å². The molecule has 38 heavy (non-hydrogen) atoms. The van der Waals surface area contributed by atoms with E-state index in [4.69, 9.17) is 14.2 Å². The van der Waals surface area contributed by atoms with Crippen LogP contribution in [0.5, 0.6) is 17.2 Å². The summed E-state index contributed by atoms with van der Waals surface area (Å²) >= 11 is 0. The molecule has 1 aromatic heterocycles. The van der Waals surface area contributed by atoms with Gasteiger partial charge in [-0.3, -0.25) is 0 Å². The highest BCUT2D eigenvalue weighted by molar-refractivity contribution is 5.94. The van der Waals surface area contributed by atoms with Crippen LogP contribution in [0.3, 0.4) is 0 Å². The molecule has 9 heteroatoms. The van der Waals surface area contributed by atoms with Crippen LogP contribution in [0.15, 0.2) is 54.6 Å². The fourth-order valence-corrected chi connectivity index (χ4v) is 4.22. The fourth-order valence-electron chi connectivity index (χ4n) is 4.22. The second-order valence-corrected chi connectivity index (χ2v) is 8.53. The van der Waals surface area contributed by atoms with Gasteiger partial charge in [-0.2, -0.15) is 5.10 Å². The van der Waals surface area contributed by atoms with Crippen molar-refractivity contribution < 1.29 is 27.4 Å². The van der Waals surface area contributed by atoms with Crippen molar-refractivity contribution in [2.45, 2.75) is 13.3 Å². The molecule has 0 amide bonds. The maximum Gasteiger partial charge on any atom is 0.137 e. The summed E-state index contributed by atoms with van der Waals surface area (Å²) in [6, 6.07) is 13.3. The molecule has 6 nitrogen and oxygen atoms in total. The molecular weight excluding hydrogens is 495 g/mol. The molecule has 0 unspecified atom stereocenters. The van der Waals surface area contributed by atoms with Gasteiger partial charge in [0, 0.05) is 34.9 Å². The average Bonchev–Trinajstić information content (AvgIpc) is 2.91. The number of aromatic nitrogens is 2. The van der Waals surface area contributed by atoms with Crippen LogP contribution in [0.1, 0.15) is 12.1 Å².